The smallest absolute Gasteiger partial charge is 0.246 e. The maximum Gasteiger partial charge on any atom is 0.246 e. The van der Waals surface area contributed by atoms with Crippen molar-refractivity contribution in [3.05, 3.63) is 41.2 Å². The van der Waals surface area contributed by atoms with Gasteiger partial charge in [-0.25, -0.2) is 0 Å². The molecule has 0 fully saturated rings. The molecule has 0 unspecified atom stereocenters. The second-order valence-corrected chi connectivity index (χ2v) is 6.67. The molecular weight excluding hydrogens is 346 g/mol. The normalized spacial score (nSPS) is 10.7. The summed E-state index contributed by atoms with van der Waals surface area (Å²) in [7, 11) is 3.64. The molecule has 0 bridgehead atoms. The van der Waals surface area contributed by atoms with Crippen LogP contribution < -0.4 is 10.6 Å². The number of aromatic nitrogens is 2. The van der Waals surface area contributed by atoms with Gasteiger partial charge < -0.3 is 15.5 Å². The van der Waals surface area contributed by atoms with Gasteiger partial charge >= 0.3 is 0 Å². The van der Waals surface area contributed by atoms with E-state index in [-0.39, 0.29) is 24.1 Å². The van der Waals surface area contributed by atoms with E-state index in [4.69, 9.17) is 0 Å². The van der Waals surface area contributed by atoms with E-state index < -0.39 is 0 Å². The first-order valence-electron chi connectivity index (χ1n) is 8.56. The van der Waals surface area contributed by atoms with Crippen molar-refractivity contribution in [1.29, 1.82) is 0 Å². The first-order chi connectivity index (χ1) is 12.7. The molecule has 0 spiro atoms. The molecular formula is C19H25N5O3. The molecule has 0 aliphatic heterocycles. The first-order valence-corrected chi connectivity index (χ1v) is 8.56. The van der Waals surface area contributed by atoms with Crippen molar-refractivity contribution in [2.24, 2.45) is 0 Å². The number of nitrogens with one attached hydrogen (secondary N) is 2. The number of Topliss-reactive ketones (excluding diaryl/α,β-unsaturated/α-hetero) is 1. The van der Waals surface area contributed by atoms with Gasteiger partial charge in [0.1, 0.15) is 6.54 Å². The maximum absolute atomic E-state index is 12.3. The van der Waals surface area contributed by atoms with Gasteiger partial charge in [-0.15, -0.1) is 0 Å². The summed E-state index contributed by atoms with van der Waals surface area (Å²) in [6.07, 6.45) is 0. The van der Waals surface area contributed by atoms with Gasteiger partial charge in [-0.1, -0.05) is 0 Å². The Morgan fingerprint density at radius 1 is 1.00 bits per heavy atom. The molecule has 27 heavy (non-hydrogen) atoms. The van der Waals surface area contributed by atoms with Gasteiger partial charge in [0, 0.05) is 17.1 Å². The number of likely N-dealkylation sites (N-methyl/N-ethyl adjacent to an activating group) is 1. The zero-order valence-corrected chi connectivity index (χ0v) is 16.3. The predicted molar refractivity (Wildman–Crippen MR) is 104 cm³/mol. The van der Waals surface area contributed by atoms with E-state index in [0.29, 0.717) is 34.9 Å². The average molecular weight is 371 g/mol. The number of aryl methyl sites for hydroxylation is 1. The Balaban J connectivity index is 1.97. The monoisotopic (exact) mass is 371 g/mol. The Morgan fingerprint density at radius 2 is 1.52 bits per heavy atom. The molecule has 2 amide bonds. The van der Waals surface area contributed by atoms with Crippen molar-refractivity contribution in [2.75, 3.05) is 31.3 Å². The molecule has 1 aromatic heterocycles. The molecule has 1 aromatic carbocycles. The van der Waals surface area contributed by atoms with Gasteiger partial charge in [0.25, 0.3) is 0 Å². The second-order valence-electron chi connectivity index (χ2n) is 6.67. The number of carbonyl (C=O) groups is 3. The Morgan fingerprint density at radius 3 is 1.96 bits per heavy atom. The Labute approximate surface area is 158 Å². The van der Waals surface area contributed by atoms with E-state index in [0.717, 1.165) is 0 Å². The number of hydrogen-bond acceptors (Lipinski definition) is 5. The highest BCUT2D eigenvalue weighted by Crippen LogP contribution is 2.15. The van der Waals surface area contributed by atoms with Crippen LogP contribution in [0.2, 0.25) is 0 Å². The molecule has 8 nitrogen and oxygen atoms in total. The van der Waals surface area contributed by atoms with Crippen LogP contribution in [0.25, 0.3) is 0 Å². The highest BCUT2D eigenvalue weighted by Gasteiger charge is 2.17. The fraction of sp³-hybridized carbons (Fsp3) is 0.368. The molecule has 1 heterocycles. The molecule has 0 atom stereocenters. The SMILES string of the molecule is CC(=O)c1c(C)nn(CC(=O)Nc2ccc(NC(=O)CN(C)C)cc2)c1C. The Bertz CT molecular complexity index is 853. The molecule has 0 saturated heterocycles. The third kappa shape index (κ3) is 5.49. The lowest BCUT2D eigenvalue weighted by molar-refractivity contribution is -0.117. The predicted octanol–water partition coefficient (Wildman–Crippen LogP) is 1.84. The highest BCUT2D eigenvalue weighted by atomic mass is 16.2. The quantitative estimate of drug-likeness (QED) is 0.724. The van der Waals surface area contributed by atoms with Crippen LogP contribution in [-0.2, 0) is 16.1 Å². The fourth-order valence-corrected chi connectivity index (χ4v) is 2.82. The summed E-state index contributed by atoms with van der Waals surface area (Å²) in [4.78, 5) is 37.5. The standard InChI is InChI=1S/C19H25N5O3/c1-12-19(14(3)25)13(2)24(22-12)11-18(27)21-16-8-6-15(7-9-16)20-17(26)10-23(4)5/h6-9H,10-11H2,1-5H3,(H,20,26)(H,21,27). The number of nitrogens with zero attached hydrogens (tertiary/aromatic N) is 3. The molecule has 0 radical (unpaired) electrons. The van der Waals surface area contributed by atoms with Crippen molar-refractivity contribution in [3.63, 3.8) is 0 Å². The van der Waals surface area contributed by atoms with Crippen molar-refractivity contribution >= 4 is 29.0 Å². The number of rotatable bonds is 7. The molecule has 144 valence electrons. The molecule has 0 saturated carbocycles. The summed E-state index contributed by atoms with van der Waals surface area (Å²) in [6.45, 7) is 5.32. The molecule has 0 aliphatic rings. The lowest BCUT2D eigenvalue weighted by Gasteiger charge is -2.11. The van der Waals surface area contributed by atoms with Crippen molar-refractivity contribution in [3.8, 4) is 0 Å². The largest absolute Gasteiger partial charge is 0.325 e. The minimum atomic E-state index is -0.250. The number of carbonyl (C=O) groups excluding carboxylic acids is 3. The zero-order chi connectivity index (χ0) is 20.1. The van der Waals surface area contributed by atoms with E-state index in [1.807, 2.05) is 14.1 Å². The van der Waals surface area contributed by atoms with Crippen LogP contribution in [0.1, 0.15) is 28.7 Å². The van der Waals surface area contributed by atoms with Gasteiger partial charge in [-0.3, -0.25) is 19.1 Å². The van der Waals surface area contributed by atoms with E-state index in [1.54, 1.807) is 43.0 Å². The van der Waals surface area contributed by atoms with Gasteiger partial charge in [0.05, 0.1) is 17.8 Å². The Kier molecular flexibility index (Phi) is 6.46. The van der Waals surface area contributed by atoms with Crippen LogP contribution in [0.4, 0.5) is 11.4 Å². The maximum atomic E-state index is 12.3. The molecule has 8 heteroatoms. The molecule has 2 N–H and O–H groups in total. The van der Waals surface area contributed by atoms with E-state index >= 15 is 0 Å². The lowest BCUT2D eigenvalue weighted by atomic mass is 10.1. The third-order valence-electron chi connectivity index (χ3n) is 3.94. The van der Waals surface area contributed by atoms with Crippen LogP contribution in [0, 0.1) is 13.8 Å². The zero-order valence-electron chi connectivity index (χ0n) is 16.3. The number of hydrogen-bond donors (Lipinski definition) is 2. The summed E-state index contributed by atoms with van der Waals surface area (Å²) in [5.74, 6) is -0.425. The van der Waals surface area contributed by atoms with E-state index in [2.05, 4.69) is 15.7 Å². The van der Waals surface area contributed by atoms with Gasteiger partial charge in [0.2, 0.25) is 11.8 Å². The minimum Gasteiger partial charge on any atom is -0.325 e. The Hall–Kier alpha value is -3.00. The van der Waals surface area contributed by atoms with Crippen molar-refractivity contribution in [2.45, 2.75) is 27.3 Å². The summed E-state index contributed by atoms with van der Waals surface area (Å²) in [5.41, 5.74) is 3.11. The lowest BCUT2D eigenvalue weighted by Crippen LogP contribution is -2.27. The average Bonchev–Trinajstić information content (AvgIpc) is 2.82. The molecule has 2 aromatic rings. The number of ketones is 1. The van der Waals surface area contributed by atoms with Crippen LogP contribution in [-0.4, -0.2) is 52.9 Å². The highest BCUT2D eigenvalue weighted by molar-refractivity contribution is 5.97. The third-order valence-corrected chi connectivity index (χ3v) is 3.94. The van der Waals surface area contributed by atoms with Gasteiger partial charge in [-0.2, -0.15) is 5.10 Å². The van der Waals surface area contributed by atoms with Crippen LogP contribution in [0.15, 0.2) is 24.3 Å². The van der Waals surface area contributed by atoms with Crippen molar-refractivity contribution < 1.29 is 14.4 Å². The summed E-state index contributed by atoms with van der Waals surface area (Å²) in [6, 6.07) is 6.87. The first kappa shape index (κ1) is 20.3. The van der Waals surface area contributed by atoms with Gasteiger partial charge in [-0.05, 0) is 59.1 Å². The van der Waals surface area contributed by atoms with Crippen LogP contribution >= 0.6 is 0 Å². The number of anilines is 2. The van der Waals surface area contributed by atoms with Crippen LogP contribution in [0.3, 0.4) is 0 Å². The van der Waals surface area contributed by atoms with Crippen LogP contribution in [0.5, 0.6) is 0 Å². The minimum absolute atomic E-state index is 0.0152. The van der Waals surface area contributed by atoms with E-state index in [1.165, 1.54) is 11.6 Å². The fourth-order valence-electron chi connectivity index (χ4n) is 2.82. The van der Waals surface area contributed by atoms with Crippen molar-refractivity contribution in [1.82, 2.24) is 14.7 Å². The topological polar surface area (TPSA) is 96.3 Å². The second kappa shape index (κ2) is 8.59. The number of amides is 2. The molecule has 2 rings (SSSR count). The van der Waals surface area contributed by atoms with Gasteiger partial charge in [0.15, 0.2) is 5.78 Å². The summed E-state index contributed by atoms with van der Waals surface area (Å²) >= 11 is 0. The summed E-state index contributed by atoms with van der Waals surface area (Å²) < 4.78 is 1.53. The molecule has 0 aliphatic carbocycles. The van der Waals surface area contributed by atoms with E-state index in [9.17, 15) is 14.4 Å². The summed E-state index contributed by atoms with van der Waals surface area (Å²) in [5, 5.41) is 9.83. The number of benzene rings is 1.